The number of thiophene rings is 1. The monoisotopic (exact) mass is 412 g/mol. The van der Waals surface area contributed by atoms with Gasteiger partial charge in [0.05, 0.1) is 17.4 Å². The van der Waals surface area contributed by atoms with Gasteiger partial charge in [0, 0.05) is 17.0 Å². The summed E-state index contributed by atoms with van der Waals surface area (Å²) in [7, 11) is 0. The van der Waals surface area contributed by atoms with Crippen molar-refractivity contribution in [3.05, 3.63) is 75.9 Å². The highest BCUT2D eigenvalue weighted by Crippen LogP contribution is 2.43. The van der Waals surface area contributed by atoms with Gasteiger partial charge in [-0.1, -0.05) is 12.1 Å². The van der Waals surface area contributed by atoms with Gasteiger partial charge in [0.25, 0.3) is 5.91 Å². The van der Waals surface area contributed by atoms with Gasteiger partial charge in [0.2, 0.25) is 5.91 Å². The fraction of sp³-hybridized carbons (Fsp3) is 0.238. The molecule has 4 rings (SSSR count). The van der Waals surface area contributed by atoms with Crippen LogP contribution in [0.5, 0.6) is 0 Å². The molecule has 28 heavy (non-hydrogen) atoms. The molecule has 2 amide bonds. The lowest BCUT2D eigenvalue weighted by Gasteiger charge is -2.28. The number of hydrogen-bond acceptors (Lipinski definition) is 5. The third kappa shape index (κ3) is 3.59. The van der Waals surface area contributed by atoms with E-state index >= 15 is 0 Å². The molecule has 0 bridgehead atoms. The third-order valence-electron chi connectivity index (χ3n) is 4.87. The van der Waals surface area contributed by atoms with Gasteiger partial charge in [-0.2, -0.15) is 0 Å². The molecule has 1 aliphatic rings. The summed E-state index contributed by atoms with van der Waals surface area (Å²) in [6, 6.07) is 10.8. The van der Waals surface area contributed by atoms with Crippen molar-refractivity contribution in [1.29, 1.82) is 0 Å². The quantitative estimate of drug-likeness (QED) is 0.665. The van der Waals surface area contributed by atoms with E-state index in [1.54, 1.807) is 35.3 Å². The highest BCUT2D eigenvalue weighted by atomic mass is 32.2. The minimum atomic E-state index is -0.555. The van der Waals surface area contributed by atoms with Crippen LogP contribution in [0.25, 0.3) is 0 Å². The number of carbonyl (C=O) groups excluding carboxylic acids is 2. The molecule has 7 heteroatoms. The highest BCUT2D eigenvalue weighted by Gasteiger charge is 2.43. The number of furan rings is 1. The van der Waals surface area contributed by atoms with Gasteiger partial charge in [-0.25, -0.2) is 0 Å². The third-order valence-corrected chi connectivity index (χ3v) is 7.05. The Bertz CT molecular complexity index is 983. The normalized spacial score (nSPS) is 19.0. The van der Waals surface area contributed by atoms with E-state index in [1.807, 2.05) is 49.6 Å². The molecule has 144 valence electrons. The van der Waals surface area contributed by atoms with Gasteiger partial charge in [-0.15, -0.1) is 23.1 Å². The van der Waals surface area contributed by atoms with E-state index in [0.717, 1.165) is 16.8 Å². The van der Waals surface area contributed by atoms with Crippen LogP contribution in [0.4, 0.5) is 5.69 Å². The molecular formula is C21H20N2O3S2. The van der Waals surface area contributed by atoms with Gasteiger partial charge >= 0.3 is 0 Å². The standard InChI is InChI=1S/C21H20N2O3S2/c1-13-5-6-16(10-14(13)2)22-19(24)17-12-28-21(15-7-8-26-11-15)23(17)20(25)18-4-3-9-27-18/h3-11,17,21H,12H2,1-2H3,(H,22,24). The molecule has 1 N–H and O–H groups in total. The Balaban J connectivity index is 1.61. The smallest absolute Gasteiger partial charge is 0.265 e. The lowest BCUT2D eigenvalue weighted by Crippen LogP contribution is -2.45. The van der Waals surface area contributed by atoms with Crippen LogP contribution in [-0.2, 0) is 4.79 Å². The molecule has 3 heterocycles. The molecule has 0 radical (unpaired) electrons. The van der Waals surface area contributed by atoms with Crippen LogP contribution < -0.4 is 5.32 Å². The van der Waals surface area contributed by atoms with Crippen LogP contribution in [0.15, 0.2) is 58.7 Å². The van der Waals surface area contributed by atoms with Gasteiger partial charge in [-0.3, -0.25) is 9.59 Å². The molecule has 1 aliphatic heterocycles. The summed E-state index contributed by atoms with van der Waals surface area (Å²) < 4.78 is 5.21. The second kappa shape index (κ2) is 7.85. The van der Waals surface area contributed by atoms with Crippen molar-refractivity contribution >= 4 is 40.6 Å². The van der Waals surface area contributed by atoms with Crippen LogP contribution in [0, 0.1) is 13.8 Å². The van der Waals surface area contributed by atoms with Crippen molar-refractivity contribution < 1.29 is 14.0 Å². The van der Waals surface area contributed by atoms with Crippen LogP contribution in [0.3, 0.4) is 0 Å². The Morgan fingerprint density at radius 3 is 2.71 bits per heavy atom. The van der Waals surface area contributed by atoms with Gasteiger partial charge < -0.3 is 14.6 Å². The number of nitrogens with one attached hydrogen (secondary N) is 1. The molecule has 5 nitrogen and oxygen atoms in total. The lowest BCUT2D eigenvalue weighted by atomic mass is 10.1. The first kappa shape index (κ1) is 18.8. The number of carbonyl (C=O) groups is 2. The summed E-state index contributed by atoms with van der Waals surface area (Å²) in [4.78, 5) is 28.6. The van der Waals surface area contributed by atoms with E-state index in [2.05, 4.69) is 5.32 Å². The van der Waals surface area contributed by atoms with E-state index < -0.39 is 6.04 Å². The first-order valence-electron chi connectivity index (χ1n) is 8.92. The Labute approximate surface area is 171 Å². The number of rotatable bonds is 4. The predicted octanol–water partition coefficient (Wildman–Crippen LogP) is 4.85. The number of amides is 2. The summed E-state index contributed by atoms with van der Waals surface area (Å²) in [6.07, 6.45) is 3.22. The zero-order chi connectivity index (χ0) is 19.7. The van der Waals surface area contributed by atoms with E-state index in [-0.39, 0.29) is 17.2 Å². The lowest BCUT2D eigenvalue weighted by molar-refractivity contribution is -0.119. The van der Waals surface area contributed by atoms with Crippen LogP contribution >= 0.6 is 23.1 Å². The van der Waals surface area contributed by atoms with E-state index in [1.165, 1.54) is 16.9 Å². The average molecular weight is 413 g/mol. The molecule has 2 aromatic heterocycles. The van der Waals surface area contributed by atoms with Crippen molar-refractivity contribution in [2.45, 2.75) is 25.3 Å². The van der Waals surface area contributed by atoms with Gasteiger partial charge in [0.15, 0.2) is 0 Å². The van der Waals surface area contributed by atoms with Crippen molar-refractivity contribution in [2.75, 3.05) is 11.1 Å². The Morgan fingerprint density at radius 1 is 1.18 bits per heavy atom. The second-order valence-electron chi connectivity index (χ2n) is 6.74. The first-order chi connectivity index (χ1) is 13.5. The minimum absolute atomic E-state index is 0.133. The molecule has 1 fully saturated rings. The Hall–Kier alpha value is -2.51. The molecule has 3 aromatic rings. The summed E-state index contributed by atoms with van der Waals surface area (Å²) in [5.74, 6) is 0.224. The van der Waals surface area contributed by atoms with Gasteiger partial charge in [-0.05, 0) is 54.6 Å². The molecule has 1 aromatic carbocycles. The van der Waals surface area contributed by atoms with E-state index in [0.29, 0.717) is 10.6 Å². The summed E-state index contributed by atoms with van der Waals surface area (Å²) in [5, 5.41) is 4.60. The highest BCUT2D eigenvalue weighted by molar-refractivity contribution is 7.99. The number of hydrogen-bond donors (Lipinski definition) is 1. The van der Waals surface area contributed by atoms with Crippen molar-refractivity contribution in [1.82, 2.24) is 4.90 Å². The van der Waals surface area contributed by atoms with Gasteiger partial charge in [0.1, 0.15) is 11.4 Å². The van der Waals surface area contributed by atoms with Crippen LogP contribution in [0.2, 0.25) is 0 Å². The molecular weight excluding hydrogens is 392 g/mol. The Morgan fingerprint density at radius 2 is 2.04 bits per heavy atom. The topological polar surface area (TPSA) is 62.6 Å². The Kier molecular flexibility index (Phi) is 5.28. The molecule has 2 atom stereocenters. The molecule has 2 unspecified atom stereocenters. The maximum Gasteiger partial charge on any atom is 0.265 e. The number of aryl methyl sites for hydroxylation is 2. The molecule has 0 spiro atoms. The second-order valence-corrected chi connectivity index (χ2v) is 8.80. The molecule has 0 saturated carbocycles. The number of anilines is 1. The molecule has 1 saturated heterocycles. The summed E-state index contributed by atoms with van der Waals surface area (Å²) in [6.45, 7) is 4.05. The average Bonchev–Trinajstić information content (AvgIpc) is 3.44. The maximum atomic E-state index is 13.2. The SMILES string of the molecule is Cc1ccc(NC(=O)C2CSC(c3ccoc3)N2C(=O)c2cccs2)cc1C. The largest absolute Gasteiger partial charge is 0.472 e. The minimum Gasteiger partial charge on any atom is -0.472 e. The molecule has 0 aliphatic carbocycles. The zero-order valence-corrected chi connectivity index (χ0v) is 17.2. The van der Waals surface area contributed by atoms with Crippen molar-refractivity contribution in [3.8, 4) is 0 Å². The van der Waals surface area contributed by atoms with E-state index in [4.69, 9.17) is 4.42 Å². The van der Waals surface area contributed by atoms with Crippen LogP contribution in [0.1, 0.15) is 31.7 Å². The van der Waals surface area contributed by atoms with Crippen molar-refractivity contribution in [2.24, 2.45) is 0 Å². The number of nitrogens with zero attached hydrogens (tertiary/aromatic N) is 1. The van der Waals surface area contributed by atoms with E-state index in [9.17, 15) is 9.59 Å². The maximum absolute atomic E-state index is 13.2. The first-order valence-corrected chi connectivity index (χ1v) is 10.9. The fourth-order valence-electron chi connectivity index (χ4n) is 3.20. The number of thioether (sulfide) groups is 1. The summed E-state index contributed by atoms with van der Waals surface area (Å²) >= 11 is 2.96. The summed E-state index contributed by atoms with van der Waals surface area (Å²) in [5.41, 5.74) is 3.91. The predicted molar refractivity (Wildman–Crippen MR) is 113 cm³/mol. The van der Waals surface area contributed by atoms with Crippen LogP contribution in [-0.4, -0.2) is 28.5 Å². The zero-order valence-electron chi connectivity index (χ0n) is 15.5. The van der Waals surface area contributed by atoms with Crippen molar-refractivity contribution in [3.63, 3.8) is 0 Å². The number of benzene rings is 1. The fourth-order valence-corrected chi connectivity index (χ4v) is 5.27.